The molecule has 2 amide bonds. The minimum atomic E-state index is -0.317. The van der Waals surface area contributed by atoms with E-state index in [0.717, 1.165) is 60.0 Å². The summed E-state index contributed by atoms with van der Waals surface area (Å²) in [5.74, 6) is 1.05. The standard InChI is InChI=1S/C24H34N2O3/c1-15-7-8-16(2)20-19(15)17(3)21(29-20)22(27)25-12-9-18-10-13-26(14-11-18)23(28)24(4,5)6/h7-8,18H,9-14H2,1-6H3,(H,25,27). The van der Waals surface area contributed by atoms with E-state index in [9.17, 15) is 9.59 Å². The second-order valence-electron chi connectivity index (χ2n) is 9.49. The molecule has 0 saturated carbocycles. The molecule has 0 radical (unpaired) electrons. The molecule has 2 aromatic rings. The summed E-state index contributed by atoms with van der Waals surface area (Å²) >= 11 is 0. The first-order chi connectivity index (χ1) is 13.6. The van der Waals surface area contributed by atoms with Gasteiger partial charge in [-0.3, -0.25) is 9.59 Å². The molecule has 0 atom stereocenters. The number of nitrogens with one attached hydrogen (secondary N) is 1. The van der Waals surface area contributed by atoms with Gasteiger partial charge < -0.3 is 14.6 Å². The number of piperidine rings is 1. The van der Waals surface area contributed by atoms with E-state index in [1.54, 1.807) is 0 Å². The highest BCUT2D eigenvalue weighted by Crippen LogP contribution is 2.30. The fraction of sp³-hybridized carbons (Fsp3) is 0.583. The lowest BCUT2D eigenvalue weighted by Gasteiger charge is -2.35. The van der Waals surface area contributed by atoms with Crippen molar-refractivity contribution in [3.8, 4) is 0 Å². The minimum absolute atomic E-state index is 0.141. The number of amides is 2. The molecule has 5 heteroatoms. The van der Waals surface area contributed by atoms with E-state index >= 15 is 0 Å². The highest BCUT2D eigenvalue weighted by molar-refractivity contribution is 6.00. The van der Waals surface area contributed by atoms with Gasteiger partial charge >= 0.3 is 0 Å². The number of aryl methyl sites for hydroxylation is 3. The molecular weight excluding hydrogens is 364 g/mol. The van der Waals surface area contributed by atoms with Crippen LogP contribution in [0.15, 0.2) is 16.5 Å². The number of furan rings is 1. The number of carbonyl (C=O) groups excluding carboxylic acids is 2. The van der Waals surface area contributed by atoms with Gasteiger partial charge in [-0.05, 0) is 57.1 Å². The number of hydrogen-bond donors (Lipinski definition) is 1. The van der Waals surface area contributed by atoms with Crippen molar-refractivity contribution >= 4 is 22.8 Å². The number of hydrogen-bond acceptors (Lipinski definition) is 3. The molecule has 0 aliphatic carbocycles. The SMILES string of the molecule is Cc1ccc(C)c2c(C)c(C(=O)NCCC3CCN(C(=O)C(C)(C)C)CC3)oc12. The number of fused-ring (bicyclic) bond motifs is 1. The van der Waals surface area contributed by atoms with Crippen molar-refractivity contribution in [1.82, 2.24) is 10.2 Å². The van der Waals surface area contributed by atoms with Crippen LogP contribution in [0.2, 0.25) is 0 Å². The molecule has 29 heavy (non-hydrogen) atoms. The van der Waals surface area contributed by atoms with Crippen molar-refractivity contribution in [1.29, 1.82) is 0 Å². The first-order valence-corrected chi connectivity index (χ1v) is 10.7. The van der Waals surface area contributed by atoms with E-state index in [1.807, 2.05) is 52.5 Å². The molecule has 1 aromatic heterocycles. The first kappa shape index (κ1) is 21.4. The fourth-order valence-electron chi connectivity index (χ4n) is 4.26. The third-order valence-corrected chi connectivity index (χ3v) is 6.07. The molecule has 0 unspecified atom stereocenters. The van der Waals surface area contributed by atoms with Gasteiger partial charge in [-0.2, -0.15) is 0 Å². The molecular formula is C24H34N2O3. The molecule has 1 N–H and O–H groups in total. The Labute approximate surface area is 173 Å². The number of likely N-dealkylation sites (tertiary alicyclic amines) is 1. The van der Waals surface area contributed by atoms with E-state index in [0.29, 0.717) is 18.2 Å². The summed E-state index contributed by atoms with van der Waals surface area (Å²) in [7, 11) is 0. The lowest BCUT2D eigenvalue weighted by atomic mass is 9.90. The zero-order valence-electron chi connectivity index (χ0n) is 18.6. The third kappa shape index (κ3) is 4.49. The van der Waals surface area contributed by atoms with Gasteiger partial charge in [-0.15, -0.1) is 0 Å². The average molecular weight is 399 g/mol. The Morgan fingerprint density at radius 1 is 1.10 bits per heavy atom. The van der Waals surface area contributed by atoms with Gasteiger partial charge in [0.15, 0.2) is 5.76 Å². The lowest BCUT2D eigenvalue weighted by molar-refractivity contribution is -0.140. The second-order valence-corrected chi connectivity index (χ2v) is 9.49. The summed E-state index contributed by atoms with van der Waals surface area (Å²) in [6, 6.07) is 4.09. The summed E-state index contributed by atoms with van der Waals surface area (Å²) in [6.45, 7) is 14.2. The van der Waals surface area contributed by atoms with Crippen LogP contribution in [-0.2, 0) is 4.79 Å². The lowest BCUT2D eigenvalue weighted by Crippen LogP contribution is -2.44. The predicted octanol–water partition coefficient (Wildman–Crippen LogP) is 4.76. The third-order valence-electron chi connectivity index (χ3n) is 6.07. The van der Waals surface area contributed by atoms with Crippen molar-refractivity contribution in [2.45, 2.75) is 60.8 Å². The molecule has 5 nitrogen and oxygen atoms in total. The van der Waals surface area contributed by atoms with E-state index in [1.165, 1.54) is 0 Å². The van der Waals surface area contributed by atoms with E-state index in [-0.39, 0.29) is 17.2 Å². The van der Waals surface area contributed by atoms with Gasteiger partial charge in [-0.1, -0.05) is 32.9 Å². The van der Waals surface area contributed by atoms with Crippen molar-refractivity contribution in [3.05, 3.63) is 34.6 Å². The highest BCUT2D eigenvalue weighted by atomic mass is 16.3. The molecule has 2 heterocycles. The Morgan fingerprint density at radius 3 is 2.31 bits per heavy atom. The number of carbonyl (C=O) groups is 2. The molecule has 0 bridgehead atoms. The molecule has 158 valence electrons. The molecule has 3 rings (SSSR count). The summed E-state index contributed by atoms with van der Waals surface area (Å²) in [5.41, 5.74) is 3.57. The summed E-state index contributed by atoms with van der Waals surface area (Å²) in [4.78, 5) is 27.1. The van der Waals surface area contributed by atoms with Crippen LogP contribution in [0.4, 0.5) is 0 Å². The van der Waals surface area contributed by atoms with Gasteiger partial charge in [0.25, 0.3) is 5.91 Å². The van der Waals surface area contributed by atoms with Gasteiger partial charge in [0.05, 0.1) is 0 Å². The van der Waals surface area contributed by atoms with Gasteiger partial charge in [0.2, 0.25) is 5.91 Å². The summed E-state index contributed by atoms with van der Waals surface area (Å²) in [5, 5.41) is 4.08. The zero-order chi connectivity index (χ0) is 21.3. The Kier molecular flexibility index (Phi) is 6.06. The number of rotatable bonds is 4. The Hall–Kier alpha value is -2.30. The maximum Gasteiger partial charge on any atom is 0.287 e. The van der Waals surface area contributed by atoms with Crippen LogP contribution in [0.3, 0.4) is 0 Å². The van der Waals surface area contributed by atoms with Gasteiger partial charge in [0.1, 0.15) is 5.58 Å². The minimum Gasteiger partial charge on any atom is -0.450 e. The number of benzene rings is 1. The maximum atomic E-state index is 12.7. The maximum absolute atomic E-state index is 12.7. The Bertz CT molecular complexity index is 912. The summed E-state index contributed by atoms with van der Waals surface area (Å²) in [6.07, 6.45) is 2.93. The van der Waals surface area contributed by atoms with Crippen LogP contribution in [0.1, 0.15) is 67.3 Å². The van der Waals surface area contributed by atoms with Crippen LogP contribution in [0.5, 0.6) is 0 Å². The van der Waals surface area contributed by atoms with Crippen molar-refractivity contribution in [3.63, 3.8) is 0 Å². The Morgan fingerprint density at radius 2 is 1.72 bits per heavy atom. The molecule has 1 aliphatic heterocycles. The zero-order valence-corrected chi connectivity index (χ0v) is 18.6. The van der Waals surface area contributed by atoms with E-state index in [2.05, 4.69) is 11.4 Å². The van der Waals surface area contributed by atoms with Crippen LogP contribution in [0.25, 0.3) is 11.0 Å². The topological polar surface area (TPSA) is 62.6 Å². The van der Waals surface area contributed by atoms with Crippen molar-refractivity contribution < 1.29 is 14.0 Å². The van der Waals surface area contributed by atoms with Crippen LogP contribution < -0.4 is 5.32 Å². The molecule has 1 fully saturated rings. The molecule has 1 aliphatic rings. The summed E-state index contributed by atoms with van der Waals surface area (Å²) < 4.78 is 5.93. The quantitative estimate of drug-likeness (QED) is 0.807. The van der Waals surface area contributed by atoms with E-state index < -0.39 is 0 Å². The second kappa shape index (κ2) is 8.21. The fourth-order valence-corrected chi connectivity index (χ4v) is 4.26. The molecule has 1 aromatic carbocycles. The highest BCUT2D eigenvalue weighted by Gasteiger charge is 2.30. The molecule has 0 spiro atoms. The van der Waals surface area contributed by atoms with Crippen LogP contribution >= 0.6 is 0 Å². The number of nitrogens with zero attached hydrogens (tertiary/aromatic N) is 1. The van der Waals surface area contributed by atoms with Crippen molar-refractivity contribution in [2.24, 2.45) is 11.3 Å². The van der Waals surface area contributed by atoms with E-state index in [4.69, 9.17) is 4.42 Å². The smallest absolute Gasteiger partial charge is 0.287 e. The van der Waals surface area contributed by atoms with Gasteiger partial charge in [0, 0.05) is 36.0 Å². The first-order valence-electron chi connectivity index (χ1n) is 10.7. The van der Waals surface area contributed by atoms with Crippen molar-refractivity contribution in [2.75, 3.05) is 19.6 Å². The predicted molar refractivity (Wildman–Crippen MR) is 116 cm³/mol. The van der Waals surface area contributed by atoms with Gasteiger partial charge in [-0.25, -0.2) is 0 Å². The van der Waals surface area contributed by atoms with Crippen LogP contribution in [-0.4, -0.2) is 36.3 Å². The largest absolute Gasteiger partial charge is 0.450 e. The molecule has 1 saturated heterocycles. The Balaban J connectivity index is 1.53. The van der Waals surface area contributed by atoms with Crippen LogP contribution in [0, 0.1) is 32.1 Å². The monoisotopic (exact) mass is 398 g/mol. The average Bonchev–Trinajstić information content (AvgIpc) is 3.03. The normalized spacial score (nSPS) is 15.7.